The number of methoxy groups -OCH3 is 1. The molecule has 3 amide bonds. The van der Waals surface area contributed by atoms with Gasteiger partial charge in [0.25, 0.3) is 5.91 Å². The Labute approximate surface area is 105 Å². The summed E-state index contributed by atoms with van der Waals surface area (Å²) in [5, 5.41) is 4.42. The molecule has 0 saturated heterocycles. The molecule has 6 heteroatoms. The first-order chi connectivity index (χ1) is 8.56. The summed E-state index contributed by atoms with van der Waals surface area (Å²) in [6.07, 6.45) is -0.768. The van der Waals surface area contributed by atoms with E-state index >= 15 is 0 Å². The molecule has 1 aromatic carbocycles. The number of hydrogen-bond donors (Lipinski definition) is 2. The van der Waals surface area contributed by atoms with E-state index in [1.807, 2.05) is 0 Å². The van der Waals surface area contributed by atoms with Gasteiger partial charge in [-0.25, -0.2) is 4.79 Å². The number of imide groups is 1. The van der Waals surface area contributed by atoms with Crippen LogP contribution < -0.4 is 20.1 Å². The highest BCUT2D eigenvalue weighted by Crippen LogP contribution is 2.18. The quantitative estimate of drug-likeness (QED) is 0.835. The first-order valence-corrected chi connectivity index (χ1v) is 5.40. The largest absolute Gasteiger partial charge is 0.497 e. The molecule has 0 saturated carbocycles. The zero-order valence-corrected chi connectivity index (χ0v) is 10.5. The number of rotatable bonds is 4. The molecule has 1 rings (SSSR count). The van der Waals surface area contributed by atoms with E-state index in [9.17, 15) is 9.59 Å². The Morgan fingerprint density at radius 3 is 2.22 bits per heavy atom. The van der Waals surface area contributed by atoms with E-state index in [0.29, 0.717) is 11.5 Å². The highest BCUT2D eigenvalue weighted by atomic mass is 16.5. The SMILES string of the molecule is CNC(=O)NC(=O)[C@@H](C)Oc1ccc(OC)cc1. The molecule has 0 radical (unpaired) electrons. The van der Waals surface area contributed by atoms with E-state index in [4.69, 9.17) is 9.47 Å². The fourth-order valence-electron chi connectivity index (χ4n) is 1.19. The summed E-state index contributed by atoms with van der Waals surface area (Å²) in [6, 6.07) is 6.24. The second kappa shape index (κ2) is 6.48. The monoisotopic (exact) mass is 252 g/mol. The van der Waals surface area contributed by atoms with Crippen molar-refractivity contribution in [2.24, 2.45) is 0 Å². The van der Waals surface area contributed by atoms with Crippen LogP contribution in [0.4, 0.5) is 4.79 Å². The summed E-state index contributed by atoms with van der Waals surface area (Å²) in [4.78, 5) is 22.5. The fourth-order valence-corrected chi connectivity index (χ4v) is 1.19. The van der Waals surface area contributed by atoms with Crippen molar-refractivity contribution in [1.82, 2.24) is 10.6 Å². The zero-order chi connectivity index (χ0) is 13.5. The predicted octanol–water partition coefficient (Wildman–Crippen LogP) is 0.918. The Kier molecular flexibility index (Phi) is 4.98. The smallest absolute Gasteiger partial charge is 0.321 e. The molecule has 18 heavy (non-hydrogen) atoms. The van der Waals surface area contributed by atoms with Crippen LogP contribution in [0.5, 0.6) is 11.5 Å². The molecule has 2 N–H and O–H groups in total. The number of carbonyl (C=O) groups excluding carboxylic acids is 2. The number of nitrogens with one attached hydrogen (secondary N) is 2. The van der Waals surface area contributed by atoms with E-state index in [-0.39, 0.29) is 0 Å². The third-order valence-corrected chi connectivity index (χ3v) is 2.21. The van der Waals surface area contributed by atoms with Crippen molar-refractivity contribution in [3.8, 4) is 11.5 Å². The van der Waals surface area contributed by atoms with Gasteiger partial charge in [0.1, 0.15) is 11.5 Å². The molecule has 98 valence electrons. The molecule has 0 bridgehead atoms. The number of benzene rings is 1. The van der Waals surface area contributed by atoms with Gasteiger partial charge in [-0.1, -0.05) is 0 Å². The molecule has 1 atom stereocenters. The van der Waals surface area contributed by atoms with Gasteiger partial charge >= 0.3 is 6.03 Å². The van der Waals surface area contributed by atoms with Crippen LogP contribution in [0, 0.1) is 0 Å². The van der Waals surface area contributed by atoms with Gasteiger partial charge in [-0.2, -0.15) is 0 Å². The Morgan fingerprint density at radius 2 is 1.72 bits per heavy atom. The van der Waals surface area contributed by atoms with E-state index in [1.165, 1.54) is 7.05 Å². The number of hydrogen-bond acceptors (Lipinski definition) is 4. The fraction of sp³-hybridized carbons (Fsp3) is 0.333. The Balaban J connectivity index is 2.55. The third-order valence-electron chi connectivity index (χ3n) is 2.21. The van der Waals surface area contributed by atoms with Crippen molar-refractivity contribution in [2.75, 3.05) is 14.2 Å². The molecule has 0 aromatic heterocycles. The molecule has 6 nitrogen and oxygen atoms in total. The lowest BCUT2D eigenvalue weighted by molar-refractivity contribution is -0.126. The lowest BCUT2D eigenvalue weighted by atomic mass is 10.3. The Bertz CT molecular complexity index is 417. The minimum Gasteiger partial charge on any atom is -0.497 e. The number of urea groups is 1. The molecule has 0 aliphatic rings. The van der Waals surface area contributed by atoms with E-state index < -0.39 is 18.0 Å². The number of ether oxygens (including phenoxy) is 2. The van der Waals surface area contributed by atoms with Gasteiger partial charge in [0.15, 0.2) is 6.10 Å². The maximum absolute atomic E-state index is 11.5. The standard InChI is InChI=1S/C12H16N2O4/c1-8(11(15)14-12(16)13-2)18-10-6-4-9(17-3)5-7-10/h4-8H,1-3H3,(H2,13,14,15,16)/t8-/m1/s1. The van der Waals surface area contributed by atoms with E-state index in [0.717, 1.165) is 0 Å². The second-order valence-electron chi connectivity index (χ2n) is 3.50. The van der Waals surface area contributed by atoms with Crippen molar-refractivity contribution in [1.29, 1.82) is 0 Å². The topological polar surface area (TPSA) is 76.7 Å². The number of amides is 3. The first-order valence-electron chi connectivity index (χ1n) is 5.40. The molecule has 0 aliphatic carbocycles. The van der Waals surface area contributed by atoms with Gasteiger partial charge in [0.05, 0.1) is 7.11 Å². The lowest BCUT2D eigenvalue weighted by Crippen LogP contribution is -2.43. The van der Waals surface area contributed by atoms with Gasteiger partial charge in [0, 0.05) is 7.05 Å². The van der Waals surface area contributed by atoms with Gasteiger partial charge in [-0.15, -0.1) is 0 Å². The van der Waals surface area contributed by atoms with Crippen molar-refractivity contribution in [2.45, 2.75) is 13.0 Å². The van der Waals surface area contributed by atoms with Crippen LogP contribution in [0.3, 0.4) is 0 Å². The molecule has 0 unspecified atom stereocenters. The summed E-state index contributed by atoms with van der Waals surface area (Å²) in [6.45, 7) is 1.56. The summed E-state index contributed by atoms with van der Waals surface area (Å²) in [7, 11) is 2.99. The molecule has 0 spiro atoms. The summed E-state index contributed by atoms with van der Waals surface area (Å²) in [5.41, 5.74) is 0. The minimum atomic E-state index is -0.768. The Morgan fingerprint density at radius 1 is 1.17 bits per heavy atom. The molecule has 0 heterocycles. The minimum absolute atomic E-state index is 0.509. The average Bonchev–Trinajstić information content (AvgIpc) is 2.39. The highest BCUT2D eigenvalue weighted by molar-refractivity contribution is 5.96. The molecular weight excluding hydrogens is 236 g/mol. The maximum atomic E-state index is 11.5. The lowest BCUT2D eigenvalue weighted by Gasteiger charge is -2.14. The van der Waals surface area contributed by atoms with Gasteiger partial charge < -0.3 is 14.8 Å². The molecule has 1 aromatic rings. The van der Waals surface area contributed by atoms with Crippen molar-refractivity contribution in [3.05, 3.63) is 24.3 Å². The third kappa shape index (κ3) is 3.97. The van der Waals surface area contributed by atoms with Crippen LogP contribution in [-0.2, 0) is 4.79 Å². The molecule has 0 aliphatic heterocycles. The van der Waals surface area contributed by atoms with Crippen LogP contribution in [0.15, 0.2) is 24.3 Å². The van der Waals surface area contributed by atoms with Crippen molar-refractivity contribution in [3.63, 3.8) is 0 Å². The van der Waals surface area contributed by atoms with Crippen LogP contribution in [0.25, 0.3) is 0 Å². The van der Waals surface area contributed by atoms with Gasteiger partial charge in [-0.3, -0.25) is 10.1 Å². The summed E-state index contributed by atoms with van der Waals surface area (Å²) in [5.74, 6) is 0.713. The van der Waals surface area contributed by atoms with Crippen molar-refractivity contribution >= 4 is 11.9 Å². The Hall–Kier alpha value is -2.24. The average molecular weight is 252 g/mol. The maximum Gasteiger partial charge on any atom is 0.321 e. The van der Waals surface area contributed by atoms with Crippen LogP contribution in [0.2, 0.25) is 0 Å². The van der Waals surface area contributed by atoms with Crippen LogP contribution in [0.1, 0.15) is 6.92 Å². The molecular formula is C12H16N2O4. The first kappa shape index (κ1) is 13.8. The molecule has 0 fully saturated rings. The second-order valence-corrected chi connectivity index (χ2v) is 3.50. The normalized spacial score (nSPS) is 11.3. The predicted molar refractivity (Wildman–Crippen MR) is 65.7 cm³/mol. The number of carbonyl (C=O) groups is 2. The summed E-state index contributed by atoms with van der Waals surface area (Å²) >= 11 is 0. The van der Waals surface area contributed by atoms with Crippen LogP contribution >= 0.6 is 0 Å². The van der Waals surface area contributed by atoms with Gasteiger partial charge in [0.2, 0.25) is 0 Å². The zero-order valence-electron chi connectivity index (χ0n) is 10.5. The van der Waals surface area contributed by atoms with E-state index in [2.05, 4.69) is 10.6 Å². The highest BCUT2D eigenvalue weighted by Gasteiger charge is 2.16. The van der Waals surface area contributed by atoms with Crippen LogP contribution in [-0.4, -0.2) is 32.2 Å². The van der Waals surface area contributed by atoms with Gasteiger partial charge in [-0.05, 0) is 31.2 Å². The van der Waals surface area contributed by atoms with Crippen molar-refractivity contribution < 1.29 is 19.1 Å². The van der Waals surface area contributed by atoms with E-state index in [1.54, 1.807) is 38.3 Å². The summed E-state index contributed by atoms with van der Waals surface area (Å²) < 4.78 is 10.4.